The number of halogens is 3. The second-order valence-corrected chi connectivity index (χ2v) is 3.83. The van der Waals surface area contributed by atoms with Crippen LogP contribution in [0.3, 0.4) is 0 Å². The van der Waals surface area contributed by atoms with Crippen molar-refractivity contribution in [2.24, 2.45) is 0 Å². The van der Waals surface area contributed by atoms with Crippen molar-refractivity contribution in [3.8, 4) is 0 Å². The first-order valence-corrected chi connectivity index (χ1v) is 5.03. The van der Waals surface area contributed by atoms with Gasteiger partial charge in [-0.15, -0.1) is 0 Å². The van der Waals surface area contributed by atoms with Crippen molar-refractivity contribution in [3.05, 3.63) is 33.8 Å². The number of benzene rings is 1. The van der Waals surface area contributed by atoms with Crippen molar-refractivity contribution in [2.75, 3.05) is 0 Å². The first-order chi connectivity index (χ1) is 6.56. The molecule has 0 N–H and O–H groups in total. The lowest BCUT2D eigenvalue weighted by Gasteiger charge is -2.03. The SMILES string of the molecule is CCCC(=O)c1c(F)cc(Br)cc1F. The lowest BCUT2D eigenvalue weighted by Crippen LogP contribution is -2.05. The van der Waals surface area contributed by atoms with E-state index in [9.17, 15) is 13.6 Å². The van der Waals surface area contributed by atoms with Crippen molar-refractivity contribution in [2.45, 2.75) is 19.8 Å². The van der Waals surface area contributed by atoms with E-state index in [1.807, 2.05) is 0 Å². The van der Waals surface area contributed by atoms with E-state index in [2.05, 4.69) is 15.9 Å². The number of ketones is 1. The predicted molar refractivity (Wildman–Crippen MR) is 53.3 cm³/mol. The van der Waals surface area contributed by atoms with Crippen molar-refractivity contribution >= 4 is 21.7 Å². The second-order valence-electron chi connectivity index (χ2n) is 2.92. The zero-order valence-corrected chi connectivity index (χ0v) is 9.20. The number of Topliss-reactive ketones (excluding diaryl/α,β-unsaturated/α-hetero) is 1. The average Bonchev–Trinajstić information content (AvgIpc) is 2.01. The number of carbonyl (C=O) groups is 1. The zero-order chi connectivity index (χ0) is 10.7. The van der Waals surface area contributed by atoms with E-state index in [0.29, 0.717) is 10.9 Å². The van der Waals surface area contributed by atoms with Gasteiger partial charge in [-0.05, 0) is 18.6 Å². The summed E-state index contributed by atoms with van der Waals surface area (Å²) < 4.78 is 26.7. The molecule has 0 heterocycles. The number of hydrogen-bond donors (Lipinski definition) is 0. The third-order valence-electron chi connectivity index (χ3n) is 1.76. The Morgan fingerprint density at radius 2 is 1.86 bits per heavy atom. The van der Waals surface area contributed by atoms with Crippen LogP contribution in [0.2, 0.25) is 0 Å². The Balaban J connectivity index is 3.14. The summed E-state index contributed by atoms with van der Waals surface area (Å²) in [6.45, 7) is 1.78. The van der Waals surface area contributed by atoms with E-state index < -0.39 is 23.0 Å². The van der Waals surface area contributed by atoms with E-state index in [0.717, 1.165) is 12.1 Å². The Labute approximate surface area is 89.3 Å². The van der Waals surface area contributed by atoms with Gasteiger partial charge in [0.05, 0.1) is 5.56 Å². The van der Waals surface area contributed by atoms with E-state index in [4.69, 9.17) is 0 Å². The highest BCUT2D eigenvalue weighted by molar-refractivity contribution is 9.10. The summed E-state index contributed by atoms with van der Waals surface area (Å²) in [6.07, 6.45) is 0.739. The minimum Gasteiger partial charge on any atom is -0.294 e. The van der Waals surface area contributed by atoms with Crippen LogP contribution in [0, 0.1) is 11.6 Å². The molecule has 0 aliphatic heterocycles. The minimum atomic E-state index is -0.810. The molecule has 0 saturated carbocycles. The minimum absolute atomic E-state index is 0.162. The molecule has 0 aromatic heterocycles. The van der Waals surface area contributed by atoms with Crippen LogP contribution in [0.1, 0.15) is 30.1 Å². The molecule has 1 rings (SSSR count). The Morgan fingerprint density at radius 3 is 2.29 bits per heavy atom. The van der Waals surface area contributed by atoms with Gasteiger partial charge in [0.15, 0.2) is 5.78 Å². The van der Waals surface area contributed by atoms with Crippen LogP contribution in [0.25, 0.3) is 0 Å². The molecule has 0 aliphatic carbocycles. The highest BCUT2D eigenvalue weighted by atomic mass is 79.9. The Hall–Kier alpha value is -0.770. The maximum Gasteiger partial charge on any atom is 0.168 e. The molecule has 0 amide bonds. The largest absolute Gasteiger partial charge is 0.294 e. The highest BCUT2D eigenvalue weighted by Crippen LogP contribution is 2.20. The predicted octanol–water partition coefficient (Wildman–Crippen LogP) is 3.71. The molecule has 1 nitrogen and oxygen atoms in total. The molecule has 14 heavy (non-hydrogen) atoms. The summed E-state index contributed by atoms with van der Waals surface area (Å²) in [7, 11) is 0. The molecular formula is C10H9BrF2O. The van der Waals surface area contributed by atoms with Crippen LogP contribution >= 0.6 is 15.9 Å². The molecule has 4 heteroatoms. The van der Waals surface area contributed by atoms with E-state index in [-0.39, 0.29) is 6.42 Å². The van der Waals surface area contributed by atoms with E-state index >= 15 is 0 Å². The molecule has 0 radical (unpaired) electrons. The van der Waals surface area contributed by atoms with Gasteiger partial charge in [0.25, 0.3) is 0 Å². The monoisotopic (exact) mass is 262 g/mol. The quantitative estimate of drug-likeness (QED) is 0.760. The Bertz CT molecular complexity index is 340. The normalized spacial score (nSPS) is 10.3. The fourth-order valence-electron chi connectivity index (χ4n) is 1.16. The van der Waals surface area contributed by atoms with Gasteiger partial charge >= 0.3 is 0 Å². The smallest absolute Gasteiger partial charge is 0.168 e. The van der Waals surface area contributed by atoms with Crippen molar-refractivity contribution in [1.29, 1.82) is 0 Å². The molecular weight excluding hydrogens is 254 g/mol. The van der Waals surface area contributed by atoms with E-state index in [1.165, 1.54) is 0 Å². The van der Waals surface area contributed by atoms with Gasteiger partial charge < -0.3 is 0 Å². The molecule has 0 saturated heterocycles. The van der Waals surface area contributed by atoms with Gasteiger partial charge in [0, 0.05) is 10.9 Å². The summed E-state index contributed by atoms with van der Waals surface area (Å²) in [5.74, 6) is -2.11. The summed E-state index contributed by atoms with van der Waals surface area (Å²) in [6, 6.07) is 2.18. The van der Waals surface area contributed by atoms with Crippen LogP contribution in [-0.2, 0) is 0 Å². The van der Waals surface area contributed by atoms with Gasteiger partial charge in [0.1, 0.15) is 11.6 Å². The fraction of sp³-hybridized carbons (Fsp3) is 0.300. The summed E-state index contributed by atoms with van der Waals surface area (Å²) in [5, 5.41) is 0. The maximum absolute atomic E-state index is 13.2. The molecule has 0 atom stereocenters. The topological polar surface area (TPSA) is 17.1 Å². The summed E-state index contributed by atoms with van der Waals surface area (Å²) in [4.78, 5) is 11.3. The summed E-state index contributed by atoms with van der Waals surface area (Å²) in [5.41, 5.74) is -0.435. The Kier molecular flexibility index (Phi) is 3.75. The first kappa shape index (κ1) is 11.3. The van der Waals surface area contributed by atoms with Crippen LogP contribution in [0.5, 0.6) is 0 Å². The van der Waals surface area contributed by atoms with E-state index in [1.54, 1.807) is 6.92 Å². The Morgan fingerprint density at radius 1 is 1.36 bits per heavy atom. The van der Waals surface area contributed by atoms with Crippen molar-refractivity contribution in [3.63, 3.8) is 0 Å². The third-order valence-corrected chi connectivity index (χ3v) is 2.22. The van der Waals surface area contributed by atoms with Crippen LogP contribution in [0.15, 0.2) is 16.6 Å². The number of hydrogen-bond acceptors (Lipinski definition) is 1. The van der Waals surface area contributed by atoms with Gasteiger partial charge in [-0.25, -0.2) is 8.78 Å². The zero-order valence-electron chi connectivity index (χ0n) is 7.61. The molecule has 0 fully saturated rings. The molecule has 1 aromatic carbocycles. The lowest BCUT2D eigenvalue weighted by atomic mass is 10.1. The number of carbonyl (C=O) groups excluding carboxylic acids is 1. The first-order valence-electron chi connectivity index (χ1n) is 4.24. The fourth-order valence-corrected chi connectivity index (χ4v) is 1.56. The third kappa shape index (κ3) is 2.38. The highest BCUT2D eigenvalue weighted by Gasteiger charge is 2.16. The standard InChI is InChI=1S/C10H9BrF2O/c1-2-3-9(14)10-7(12)4-6(11)5-8(10)13/h4-5H,2-3H2,1H3. The average molecular weight is 263 g/mol. The lowest BCUT2D eigenvalue weighted by molar-refractivity contribution is 0.0973. The molecule has 0 aliphatic rings. The summed E-state index contributed by atoms with van der Waals surface area (Å²) >= 11 is 2.94. The van der Waals surface area contributed by atoms with Crippen molar-refractivity contribution < 1.29 is 13.6 Å². The van der Waals surface area contributed by atoms with Gasteiger partial charge in [-0.3, -0.25) is 4.79 Å². The number of rotatable bonds is 3. The van der Waals surface area contributed by atoms with Crippen molar-refractivity contribution in [1.82, 2.24) is 0 Å². The molecule has 0 unspecified atom stereocenters. The molecule has 0 bridgehead atoms. The molecule has 0 spiro atoms. The van der Waals surface area contributed by atoms with Gasteiger partial charge in [-0.2, -0.15) is 0 Å². The maximum atomic E-state index is 13.2. The molecule has 76 valence electrons. The van der Waals surface area contributed by atoms with Gasteiger partial charge in [-0.1, -0.05) is 22.9 Å². The van der Waals surface area contributed by atoms with Gasteiger partial charge in [0.2, 0.25) is 0 Å². The van der Waals surface area contributed by atoms with Crippen LogP contribution in [0.4, 0.5) is 8.78 Å². The van der Waals surface area contributed by atoms with Crippen LogP contribution in [-0.4, -0.2) is 5.78 Å². The van der Waals surface area contributed by atoms with Crippen LogP contribution < -0.4 is 0 Å². The molecule has 1 aromatic rings. The second kappa shape index (κ2) is 4.64.